The van der Waals surface area contributed by atoms with E-state index in [-0.39, 0.29) is 0 Å². The predicted octanol–water partition coefficient (Wildman–Crippen LogP) is 1.59. The van der Waals surface area contributed by atoms with E-state index in [1.165, 1.54) is 5.69 Å². The number of aromatic nitrogens is 1. The number of thiazole rings is 1. The molecule has 0 spiro atoms. The minimum absolute atomic E-state index is 0.636. The Bertz CT molecular complexity index is 340. The van der Waals surface area contributed by atoms with E-state index in [4.69, 9.17) is 0 Å². The van der Waals surface area contributed by atoms with Gasteiger partial charge in [0.05, 0.1) is 10.7 Å². The molecule has 0 aliphatic carbocycles. The van der Waals surface area contributed by atoms with E-state index in [0.717, 1.165) is 24.6 Å². The first-order valence-electron chi connectivity index (χ1n) is 5.55. The molecular formula is C11H19N3S2. The van der Waals surface area contributed by atoms with Crippen LogP contribution in [0.5, 0.6) is 0 Å². The molecule has 0 radical (unpaired) electrons. The number of rotatable bonds is 4. The highest BCUT2D eigenvalue weighted by atomic mass is 32.2. The van der Waals surface area contributed by atoms with Crippen molar-refractivity contribution in [2.75, 3.05) is 26.4 Å². The van der Waals surface area contributed by atoms with Gasteiger partial charge in [-0.3, -0.25) is 4.90 Å². The van der Waals surface area contributed by atoms with Crippen molar-refractivity contribution >= 4 is 23.1 Å². The van der Waals surface area contributed by atoms with E-state index >= 15 is 0 Å². The van der Waals surface area contributed by atoms with Gasteiger partial charge in [-0.2, -0.15) is 11.8 Å². The highest BCUT2D eigenvalue weighted by molar-refractivity contribution is 7.99. The summed E-state index contributed by atoms with van der Waals surface area (Å²) in [7, 11) is 2.20. The zero-order chi connectivity index (χ0) is 11.5. The molecule has 1 saturated heterocycles. The Kier molecular flexibility index (Phi) is 4.24. The van der Waals surface area contributed by atoms with Crippen LogP contribution in [0.1, 0.15) is 10.7 Å². The summed E-state index contributed by atoms with van der Waals surface area (Å²) in [6, 6.07) is 0.636. The van der Waals surface area contributed by atoms with Gasteiger partial charge < -0.3 is 5.32 Å². The van der Waals surface area contributed by atoms with Gasteiger partial charge in [0.15, 0.2) is 0 Å². The van der Waals surface area contributed by atoms with Crippen LogP contribution in [0, 0.1) is 6.92 Å². The van der Waals surface area contributed by atoms with E-state index in [1.807, 2.05) is 11.8 Å². The molecule has 0 aromatic carbocycles. The van der Waals surface area contributed by atoms with Gasteiger partial charge in [-0.25, -0.2) is 4.98 Å². The summed E-state index contributed by atoms with van der Waals surface area (Å²) >= 11 is 3.70. The summed E-state index contributed by atoms with van der Waals surface area (Å²) in [6.45, 7) is 5.27. The molecule has 1 aromatic heterocycles. The van der Waals surface area contributed by atoms with Crippen molar-refractivity contribution in [3.8, 4) is 0 Å². The second kappa shape index (κ2) is 5.49. The van der Waals surface area contributed by atoms with Crippen LogP contribution in [-0.2, 0) is 6.54 Å². The van der Waals surface area contributed by atoms with Crippen molar-refractivity contribution < 1.29 is 0 Å². The first kappa shape index (κ1) is 12.4. The molecule has 1 aliphatic rings. The Hall–Kier alpha value is -0.100. The molecule has 1 N–H and O–H groups in total. The largest absolute Gasteiger partial charge is 0.314 e. The second-order valence-electron chi connectivity index (χ2n) is 4.27. The van der Waals surface area contributed by atoms with Crippen LogP contribution in [0.15, 0.2) is 5.38 Å². The summed E-state index contributed by atoms with van der Waals surface area (Å²) in [6.07, 6.45) is 2.20. The Morgan fingerprint density at radius 2 is 2.44 bits per heavy atom. The number of nitrogens with one attached hydrogen (secondary N) is 1. The lowest BCUT2D eigenvalue weighted by molar-refractivity contribution is 0.250. The van der Waals surface area contributed by atoms with Gasteiger partial charge in [0.2, 0.25) is 0 Å². The third-order valence-electron chi connectivity index (χ3n) is 3.08. The van der Waals surface area contributed by atoms with E-state index in [9.17, 15) is 0 Å². The fourth-order valence-electron chi connectivity index (χ4n) is 2.17. The smallest absolute Gasteiger partial charge is 0.0897 e. The van der Waals surface area contributed by atoms with E-state index in [2.05, 4.69) is 40.8 Å². The van der Waals surface area contributed by atoms with Crippen LogP contribution in [0.3, 0.4) is 0 Å². The van der Waals surface area contributed by atoms with Crippen molar-refractivity contribution in [2.24, 2.45) is 0 Å². The molecule has 2 rings (SSSR count). The molecule has 2 atom stereocenters. The Morgan fingerprint density at radius 3 is 3.06 bits per heavy atom. The van der Waals surface area contributed by atoms with Crippen molar-refractivity contribution in [3.63, 3.8) is 0 Å². The number of likely N-dealkylation sites (N-methyl/N-ethyl adjacent to an activating group) is 1. The van der Waals surface area contributed by atoms with Gasteiger partial charge in [-0.1, -0.05) is 0 Å². The molecule has 16 heavy (non-hydrogen) atoms. The zero-order valence-corrected chi connectivity index (χ0v) is 11.7. The summed E-state index contributed by atoms with van der Waals surface area (Å²) in [4.78, 5) is 6.95. The first-order valence-corrected chi connectivity index (χ1v) is 7.72. The normalized spacial score (nSPS) is 25.5. The quantitative estimate of drug-likeness (QED) is 0.886. The van der Waals surface area contributed by atoms with Crippen LogP contribution in [-0.4, -0.2) is 47.6 Å². The van der Waals surface area contributed by atoms with E-state index in [0.29, 0.717) is 11.3 Å². The van der Waals surface area contributed by atoms with Gasteiger partial charge in [-0.15, -0.1) is 11.3 Å². The maximum Gasteiger partial charge on any atom is 0.0897 e. The molecule has 5 heteroatoms. The molecule has 1 aromatic rings. The van der Waals surface area contributed by atoms with Gasteiger partial charge in [0, 0.05) is 36.3 Å². The van der Waals surface area contributed by atoms with Crippen LogP contribution < -0.4 is 5.32 Å². The summed E-state index contributed by atoms with van der Waals surface area (Å²) in [5.41, 5.74) is 1.21. The fraction of sp³-hybridized carbons (Fsp3) is 0.727. The number of aryl methyl sites for hydroxylation is 1. The highest BCUT2D eigenvalue weighted by Crippen LogP contribution is 2.21. The average molecular weight is 257 g/mol. The van der Waals surface area contributed by atoms with Gasteiger partial charge in [0.1, 0.15) is 0 Å². The molecule has 0 bridgehead atoms. The summed E-state index contributed by atoms with van der Waals surface area (Å²) in [5, 5.41) is 7.51. The monoisotopic (exact) mass is 257 g/mol. The first-order chi connectivity index (χ1) is 7.70. The average Bonchev–Trinajstić information content (AvgIpc) is 2.86. The van der Waals surface area contributed by atoms with Crippen molar-refractivity contribution in [2.45, 2.75) is 24.8 Å². The zero-order valence-electron chi connectivity index (χ0n) is 10.1. The third-order valence-corrected chi connectivity index (χ3v) is 4.98. The topological polar surface area (TPSA) is 28.2 Å². The molecular weight excluding hydrogens is 238 g/mol. The SMILES string of the molecule is CSC1CNCC1N(C)Cc1csc(C)n1. The lowest BCUT2D eigenvalue weighted by Gasteiger charge is -2.27. The van der Waals surface area contributed by atoms with Crippen LogP contribution in [0.25, 0.3) is 0 Å². The minimum Gasteiger partial charge on any atom is -0.314 e. The van der Waals surface area contributed by atoms with Crippen LogP contribution >= 0.6 is 23.1 Å². The second-order valence-corrected chi connectivity index (χ2v) is 6.41. The third kappa shape index (κ3) is 2.77. The number of thioether (sulfide) groups is 1. The van der Waals surface area contributed by atoms with E-state index in [1.54, 1.807) is 11.3 Å². The fourth-order valence-corrected chi connectivity index (χ4v) is 3.68. The van der Waals surface area contributed by atoms with Gasteiger partial charge in [0.25, 0.3) is 0 Å². The molecule has 0 saturated carbocycles. The molecule has 0 amide bonds. The lowest BCUT2D eigenvalue weighted by Crippen LogP contribution is -2.38. The summed E-state index contributed by atoms with van der Waals surface area (Å²) < 4.78 is 0. The van der Waals surface area contributed by atoms with Crippen LogP contribution in [0.4, 0.5) is 0 Å². The molecule has 2 unspecified atom stereocenters. The Balaban J connectivity index is 1.94. The van der Waals surface area contributed by atoms with Gasteiger partial charge in [-0.05, 0) is 20.2 Å². The molecule has 1 fully saturated rings. The maximum atomic E-state index is 4.52. The van der Waals surface area contributed by atoms with Gasteiger partial charge >= 0.3 is 0 Å². The molecule has 1 aliphatic heterocycles. The molecule has 3 nitrogen and oxygen atoms in total. The van der Waals surface area contributed by atoms with Crippen LogP contribution in [0.2, 0.25) is 0 Å². The Morgan fingerprint density at radius 1 is 1.62 bits per heavy atom. The van der Waals surface area contributed by atoms with E-state index < -0.39 is 0 Å². The predicted molar refractivity (Wildman–Crippen MR) is 72.3 cm³/mol. The van der Waals surface area contributed by atoms with Crippen molar-refractivity contribution in [1.82, 2.24) is 15.2 Å². The molecule has 90 valence electrons. The minimum atomic E-state index is 0.636. The standard InChI is InChI=1S/C11H19N3S2/c1-8-13-9(7-16-8)6-14(2)10-4-12-5-11(10)15-3/h7,10-12H,4-6H2,1-3H3. The number of nitrogens with zero attached hydrogens (tertiary/aromatic N) is 2. The maximum absolute atomic E-state index is 4.52. The molecule has 2 heterocycles. The number of hydrogen-bond acceptors (Lipinski definition) is 5. The van der Waals surface area contributed by atoms with Crippen molar-refractivity contribution in [1.29, 1.82) is 0 Å². The lowest BCUT2D eigenvalue weighted by atomic mass is 10.2. The van der Waals surface area contributed by atoms with Crippen molar-refractivity contribution in [3.05, 3.63) is 16.1 Å². The number of hydrogen-bond donors (Lipinski definition) is 1. The summed E-state index contributed by atoms with van der Waals surface area (Å²) in [5.74, 6) is 0. The highest BCUT2D eigenvalue weighted by Gasteiger charge is 2.29. The Labute approximate surface area is 106 Å².